The molecule has 1 atom stereocenters. The van der Waals surface area contributed by atoms with Crippen molar-refractivity contribution in [3.8, 4) is 0 Å². The Morgan fingerprint density at radius 2 is 1.78 bits per heavy atom. The van der Waals surface area contributed by atoms with E-state index in [9.17, 15) is 18.0 Å². The minimum absolute atomic E-state index is 0.0967. The van der Waals surface area contributed by atoms with Crippen LogP contribution in [0.1, 0.15) is 55.7 Å². The third-order valence-electron chi connectivity index (χ3n) is 6.70. The van der Waals surface area contributed by atoms with Crippen LogP contribution in [0.15, 0.2) is 42.5 Å². The molecule has 2 amide bonds. The lowest BCUT2D eigenvalue weighted by molar-refractivity contribution is -0.140. The van der Waals surface area contributed by atoms with E-state index in [1.165, 1.54) is 4.90 Å². The Hall–Kier alpha value is -2.58. The molecule has 196 valence electrons. The number of sulfonamides is 1. The molecule has 1 saturated carbocycles. The Bertz CT molecular complexity index is 1200. The van der Waals surface area contributed by atoms with Crippen LogP contribution in [0, 0.1) is 13.8 Å². The average Bonchev–Trinajstić information content (AvgIpc) is 3.32. The number of amides is 2. The molecule has 0 radical (unpaired) electrons. The summed E-state index contributed by atoms with van der Waals surface area (Å²) in [5, 5.41) is 3.58. The molecule has 2 aromatic rings. The van der Waals surface area contributed by atoms with Crippen molar-refractivity contribution in [3.05, 3.63) is 64.2 Å². The highest BCUT2D eigenvalue weighted by Crippen LogP contribution is 2.26. The summed E-state index contributed by atoms with van der Waals surface area (Å²) >= 11 is 6.41. The highest BCUT2D eigenvalue weighted by atomic mass is 35.5. The first kappa shape index (κ1) is 28.0. The van der Waals surface area contributed by atoms with Crippen molar-refractivity contribution in [1.29, 1.82) is 0 Å². The quantitative estimate of drug-likeness (QED) is 0.484. The summed E-state index contributed by atoms with van der Waals surface area (Å²) in [6.07, 6.45) is 5.47. The maximum absolute atomic E-state index is 13.8. The lowest BCUT2D eigenvalue weighted by atomic mass is 10.1. The van der Waals surface area contributed by atoms with Crippen molar-refractivity contribution in [1.82, 2.24) is 10.2 Å². The predicted octanol–water partition coefficient (Wildman–Crippen LogP) is 4.59. The largest absolute Gasteiger partial charge is 0.352 e. The maximum atomic E-state index is 13.8. The van der Waals surface area contributed by atoms with Crippen molar-refractivity contribution in [2.45, 2.75) is 71.5 Å². The second-order valence-electron chi connectivity index (χ2n) is 9.59. The topological polar surface area (TPSA) is 86.8 Å². The molecule has 0 aliphatic heterocycles. The van der Waals surface area contributed by atoms with E-state index >= 15 is 0 Å². The number of anilines is 1. The minimum atomic E-state index is -3.78. The first-order valence-electron chi connectivity index (χ1n) is 12.4. The van der Waals surface area contributed by atoms with Crippen molar-refractivity contribution < 1.29 is 18.0 Å². The van der Waals surface area contributed by atoms with Gasteiger partial charge in [0.15, 0.2) is 0 Å². The van der Waals surface area contributed by atoms with Crippen LogP contribution in [0.3, 0.4) is 0 Å². The lowest BCUT2D eigenvalue weighted by Gasteiger charge is -2.34. The van der Waals surface area contributed by atoms with Crippen LogP contribution in [0.4, 0.5) is 5.69 Å². The van der Waals surface area contributed by atoms with Gasteiger partial charge in [-0.15, -0.1) is 0 Å². The molecule has 0 aromatic heterocycles. The number of halogens is 1. The number of carbonyl (C=O) groups excluding carboxylic acids is 2. The van der Waals surface area contributed by atoms with Gasteiger partial charge in [0.1, 0.15) is 12.6 Å². The molecule has 7 nitrogen and oxygen atoms in total. The van der Waals surface area contributed by atoms with Gasteiger partial charge in [-0.05, 0) is 61.9 Å². The highest BCUT2D eigenvalue weighted by Gasteiger charge is 2.33. The molecular weight excluding hydrogens is 498 g/mol. The fourth-order valence-corrected chi connectivity index (χ4v) is 5.77. The fourth-order valence-electron chi connectivity index (χ4n) is 4.68. The SMILES string of the molecule is CC[C@@H](C(=O)NC1CCCC1)N(Cc1ccccc1Cl)C(=O)CN(c1cc(C)ccc1C)S(C)(=O)=O. The zero-order valence-corrected chi connectivity index (χ0v) is 23.0. The van der Waals surface area contributed by atoms with E-state index in [4.69, 9.17) is 11.6 Å². The van der Waals surface area contributed by atoms with Crippen molar-refractivity contribution in [3.63, 3.8) is 0 Å². The van der Waals surface area contributed by atoms with Gasteiger partial charge in [-0.3, -0.25) is 13.9 Å². The second-order valence-corrected chi connectivity index (χ2v) is 11.9. The number of nitrogens with one attached hydrogen (secondary N) is 1. The maximum Gasteiger partial charge on any atom is 0.244 e. The van der Waals surface area contributed by atoms with Gasteiger partial charge in [0, 0.05) is 17.6 Å². The van der Waals surface area contributed by atoms with Crippen molar-refractivity contribution in [2.24, 2.45) is 0 Å². The van der Waals surface area contributed by atoms with Crippen LogP contribution in [0.5, 0.6) is 0 Å². The third-order valence-corrected chi connectivity index (χ3v) is 8.19. The predicted molar refractivity (Wildman–Crippen MR) is 145 cm³/mol. The fraction of sp³-hybridized carbons (Fsp3) is 0.481. The van der Waals surface area contributed by atoms with E-state index in [0.717, 1.165) is 47.4 Å². The smallest absolute Gasteiger partial charge is 0.244 e. The van der Waals surface area contributed by atoms with Crippen LogP contribution in [-0.2, 0) is 26.2 Å². The summed E-state index contributed by atoms with van der Waals surface area (Å²) in [7, 11) is -3.78. The molecule has 1 aliphatic carbocycles. The number of nitrogens with zero attached hydrogens (tertiary/aromatic N) is 2. The third kappa shape index (κ3) is 7.01. The molecule has 1 fully saturated rings. The Balaban J connectivity index is 1.96. The summed E-state index contributed by atoms with van der Waals surface area (Å²) < 4.78 is 26.8. The van der Waals surface area contributed by atoms with E-state index in [1.54, 1.807) is 18.2 Å². The van der Waals surface area contributed by atoms with Crippen molar-refractivity contribution in [2.75, 3.05) is 17.1 Å². The summed E-state index contributed by atoms with van der Waals surface area (Å²) in [6.45, 7) is 5.21. The van der Waals surface area contributed by atoms with Crippen LogP contribution >= 0.6 is 11.6 Å². The van der Waals surface area contributed by atoms with Gasteiger partial charge < -0.3 is 10.2 Å². The molecule has 0 saturated heterocycles. The number of carbonyl (C=O) groups is 2. The molecular formula is C27H36ClN3O4S. The lowest BCUT2D eigenvalue weighted by Crippen LogP contribution is -2.53. The van der Waals surface area contributed by atoms with Crippen LogP contribution in [-0.4, -0.2) is 50.0 Å². The van der Waals surface area contributed by atoms with E-state index in [2.05, 4.69) is 5.32 Å². The monoisotopic (exact) mass is 533 g/mol. The number of rotatable bonds is 10. The first-order valence-corrected chi connectivity index (χ1v) is 14.6. The zero-order chi connectivity index (χ0) is 26.5. The van der Waals surface area contributed by atoms with Gasteiger partial charge in [0.2, 0.25) is 21.8 Å². The van der Waals surface area contributed by atoms with E-state index in [0.29, 0.717) is 22.7 Å². The molecule has 0 spiro atoms. The van der Waals surface area contributed by atoms with E-state index < -0.39 is 28.5 Å². The van der Waals surface area contributed by atoms with E-state index in [-0.39, 0.29) is 18.5 Å². The number of benzene rings is 2. The van der Waals surface area contributed by atoms with E-state index in [1.807, 2.05) is 45.0 Å². The molecule has 36 heavy (non-hydrogen) atoms. The van der Waals surface area contributed by atoms with Gasteiger partial charge in [-0.2, -0.15) is 0 Å². The first-order chi connectivity index (χ1) is 17.0. The highest BCUT2D eigenvalue weighted by molar-refractivity contribution is 7.92. The van der Waals surface area contributed by atoms with Gasteiger partial charge in [-0.25, -0.2) is 8.42 Å². The van der Waals surface area contributed by atoms with Gasteiger partial charge in [0.25, 0.3) is 0 Å². The Kier molecular flexibility index (Phi) is 9.41. The second kappa shape index (κ2) is 12.1. The number of aryl methyl sites for hydroxylation is 2. The van der Waals surface area contributed by atoms with Crippen LogP contribution < -0.4 is 9.62 Å². The Morgan fingerprint density at radius 3 is 2.39 bits per heavy atom. The zero-order valence-electron chi connectivity index (χ0n) is 21.5. The Morgan fingerprint density at radius 1 is 1.11 bits per heavy atom. The molecule has 1 aliphatic rings. The average molecular weight is 534 g/mol. The summed E-state index contributed by atoms with van der Waals surface area (Å²) in [6, 6.07) is 12.0. The van der Waals surface area contributed by atoms with Gasteiger partial charge in [0.05, 0.1) is 11.9 Å². The number of hydrogen-bond donors (Lipinski definition) is 1. The standard InChI is InChI=1S/C27H36ClN3O4S/c1-5-24(27(33)29-22-11-7-8-12-22)30(17-21-10-6-9-13-23(21)28)26(32)18-31(36(4,34)35)25-16-19(2)14-15-20(25)3/h6,9-10,13-16,22,24H,5,7-8,11-12,17-18H2,1-4H3,(H,29,33)/t24-/m0/s1. The van der Waals surface area contributed by atoms with Gasteiger partial charge >= 0.3 is 0 Å². The molecule has 0 unspecified atom stereocenters. The molecule has 9 heteroatoms. The Labute approximate surface area is 219 Å². The van der Waals surface area contributed by atoms with Crippen molar-refractivity contribution >= 4 is 39.1 Å². The van der Waals surface area contributed by atoms with Gasteiger partial charge in [-0.1, -0.05) is 61.7 Å². The molecule has 1 N–H and O–H groups in total. The summed E-state index contributed by atoms with van der Waals surface area (Å²) in [5.41, 5.74) is 2.76. The van der Waals surface area contributed by atoms with Crippen LogP contribution in [0.2, 0.25) is 5.02 Å². The number of hydrogen-bond acceptors (Lipinski definition) is 4. The molecule has 0 heterocycles. The normalized spacial score (nSPS) is 14.9. The minimum Gasteiger partial charge on any atom is -0.352 e. The summed E-state index contributed by atoms with van der Waals surface area (Å²) in [5.74, 6) is -0.683. The molecule has 2 aromatic carbocycles. The summed E-state index contributed by atoms with van der Waals surface area (Å²) in [4.78, 5) is 28.6. The molecule has 3 rings (SSSR count). The van der Waals surface area contributed by atoms with Crippen LogP contribution in [0.25, 0.3) is 0 Å². The molecule has 0 bridgehead atoms.